The highest BCUT2D eigenvalue weighted by Crippen LogP contribution is 2.31. The summed E-state index contributed by atoms with van der Waals surface area (Å²) >= 11 is 3.51. The van der Waals surface area contributed by atoms with Gasteiger partial charge in [-0.2, -0.15) is 0 Å². The van der Waals surface area contributed by atoms with Crippen molar-refractivity contribution in [3.63, 3.8) is 0 Å². The zero-order valence-corrected chi connectivity index (χ0v) is 13.0. The van der Waals surface area contributed by atoms with Crippen LogP contribution in [0, 0.1) is 0 Å². The van der Waals surface area contributed by atoms with Gasteiger partial charge in [-0.15, -0.1) is 11.3 Å². The number of imidazole rings is 1. The Hall–Kier alpha value is -0.810. The van der Waals surface area contributed by atoms with Crippen molar-refractivity contribution in [2.45, 2.75) is 51.2 Å². The molecule has 19 heavy (non-hydrogen) atoms. The van der Waals surface area contributed by atoms with E-state index < -0.39 is 0 Å². The number of fused-ring (bicyclic) bond motifs is 2. The molecule has 2 aromatic heterocycles. The van der Waals surface area contributed by atoms with Gasteiger partial charge in [0, 0.05) is 17.0 Å². The summed E-state index contributed by atoms with van der Waals surface area (Å²) in [6.45, 7) is 5.13. The summed E-state index contributed by atoms with van der Waals surface area (Å²) in [7, 11) is 0. The van der Waals surface area contributed by atoms with Gasteiger partial charge in [-0.05, 0) is 38.4 Å². The Balaban J connectivity index is 2.29. The lowest BCUT2D eigenvalue weighted by Crippen LogP contribution is -2.15. The van der Waals surface area contributed by atoms with E-state index in [1.807, 2.05) is 0 Å². The van der Waals surface area contributed by atoms with Crippen molar-refractivity contribution >= 4 is 33.4 Å². The zero-order chi connectivity index (χ0) is 13.4. The molecule has 2 aromatic rings. The third kappa shape index (κ3) is 2.13. The second-order valence-corrected chi connectivity index (χ2v) is 7.08. The Labute approximate surface area is 121 Å². The summed E-state index contributed by atoms with van der Waals surface area (Å²) in [5.41, 5.74) is 1.93. The van der Waals surface area contributed by atoms with Gasteiger partial charge in [-0.1, -0.05) is 18.7 Å². The number of aromatic nitrogens is 2. The highest BCUT2D eigenvalue weighted by atomic mass is 32.2. The van der Waals surface area contributed by atoms with Gasteiger partial charge >= 0.3 is 0 Å². The molecule has 3 nitrogen and oxygen atoms in total. The van der Waals surface area contributed by atoms with Gasteiger partial charge in [-0.25, -0.2) is 4.98 Å². The Morgan fingerprint density at radius 1 is 1.32 bits per heavy atom. The van der Waals surface area contributed by atoms with E-state index in [4.69, 9.17) is 0 Å². The van der Waals surface area contributed by atoms with Crippen LogP contribution in [0.4, 0.5) is 0 Å². The van der Waals surface area contributed by atoms with E-state index in [2.05, 4.69) is 23.4 Å². The largest absolute Gasteiger partial charge is 0.311 e. The Morgan fingerprint density at radius 2 is 2.11 bits per heavy atom. The second-order valence-electron chi connectivity index (χ2n) is 4.77. The van der Waals surface area contributed by atoms with Crippen molar-refractivity contribution in [2.75, 3.05) is 5.75 Å². The molecule has 0 bridgehead atoms. The summed E-state index contributed by atoms with van der Waals surface area (Å²) in [5, 5.41) is 0.996. The van der Waals surface area contributed by atoms with Gasteiger partial charge in [-0.3, -0.25) is 4.79 Å². The summed E-state index contributed by atoms with van der Waals surface area (Å²) in [6.07, 6.45) is 4.36. The smallest absolute Gasteiger partial charge is 0.211 e. The Morgan fingerprint density at radius 3 is 2.84 bits per heavy atom. The fraction of sp³-hybridized carbons (Fsp3) is 0.571. The standard InChI is InChI=1S/C14H18N2OS2/c1-3-16-13-11(15-14(16)18-4-2)12(17)9-7-5-6-8-10(9)19-13/h3-8H2,1-2H3. The monoisotopic (exact) mass is 294 g/mol. The third-order valence-electron chi connectivity index (χ3n) is 3.60. The third-order valence-corrected chi connectivity index (χ3v) is 5.76. The maximum atomic E-state index is 12.6. The van der Waals surface area contributed by atoms with E-state index in [1.165, 1.54) is 11.3 Å². The molecule has 0 aromatic carbocycles. The molecule has 0 radical (unpaired) electrons. The molecule has 0 spiro atoms. The maximum absolute atomic E-state index is 12.6. The molecule has 1 aliphatic rings. The van der Waals surface area contributed by atoms with Gasteiger partial charge in [0.05, 0.1) is 0 Å². The Kier molecular flexibility index (Phi) is 3.67. The van der Waals surface area contributed by atoms with Crippen LogP contribution in [0.1, 0.15) is 37.1 Å². The molecule has 0 atom stereocenters. The van der Waals surface area contributed by atoms with Crippen LogP contribution in [0.5, 0.6) is 0 Å². The predicted molar refractivity (Wildman–Crippen MR) is 82.6 cm³/mol. The molecule has 102 valence electrons. The Bertz CT molecular complexity index is 672. The average Bonchev–Trinajstić information content (AvgIpc) is 2.77. The van der Waals surface area contributed by atoms with Crippen LogP contribution >= 0.6 is 23.1 Å². The fourth-order valence-corrected chi connectivity index (χ4v) is 4.88. The highest BCUT2D eigenvalue weighted by molar-refractivity contribution is 7.99. The number of aryl methyl sites for hydroxylation is 2. The normalized spacial score (nSPS) is 14.8. The first-order chi connectivity index (χ1) is 9.26. The molecular formula is C14H18N2OS2. The van der Waals surface area contributed by atoms with Gasteiger partial charge in [0.25, 0.3) is 0 Å². The molecule has 0 saturated carbocycles. The van der Waals surface area contributed by atoms with E-state index in [0.29, 0.717) is 5.52 Å². The van der Waals surface area contributed by atoms with Crippen LogP contribution in [0.2, 0.25) is 0 Å². The van der Waals surface area contributed by atoms with E-state index in [1.54, 1.807) is 23.1 Å². The van der Waals surface area contributed by atoms with Crippen molar-refractivity contribution in [1.82, 2.24) is 9.55 Å². The fourth-order valence-electron chi connectivity index (χ4n) is 2.68. The molecule has 0 saturated heterocycles. The van der Waals surface area contributed by atoms with Gasteiger partial charge in [0.2, 0.25) is 5.43 Å². The first kappa shape index (κ1) is 13.2. The molecule has 1 aliphatic carbocycles. The first-order valence-corrected chi connectivity index (χ1v) is 8.74. The molecule has 3 rings (SSSR count). The van der Waals surface area contributed by atoms with Crippen molar-refractivity contribution in [3.05, 3.63) is 20.7 Å². The van der Waals surface area contributed by atoms with Crippen molar-refractivity contribution in [1.29, 1.82) is 0 Å². The number of hydrogen-bond acceptors (Lipinski definition) is 4. The second kappa shape index (κ2) is 5.29. The quantitative estimate of drug-likeness (QED) is 0.813. The molecule has 0 aliphatic heterocycles. The van der Waals surface area contributed by atoms with E-state index in [9.17, 15) is 4.79 Å². The molecule has 0 N–H and O–H groups in total. The minimum atomic E-state index is 0.189. The average molecular weight is 294 g/mol. The molecule has 2 heterocycles. The van der Waals surface area contributed by atoms with Gasteiger partial charge < -0.3 is 4.57 Å². The SMILES string of the molecule is CCSc1nc2c(=O)c3c(sc2n1CC)CCCC3. The minimum absolute atomic E-state index is 0.189. The molecular weight excluding hydrogens is 276 g/mol. The minimum Gasteiger partial charge on any atom is -0.311 e. The van der Waals surface area contributed by atoms with Crippen LogP contribution < -0.4 is 5.43 Å². The van der Waals surface area contributed by atoms with Crippen LogP contribution in [0.15, 0.2) is 9.95 Å². The molecule has 0 fully saturated rings. The van der Waals surface area contributed by atoms with E-state index in [-0.39, 0.29) is 5.43 Å². The highest BCUT2D eigenvalue weighted by Gasteiger charge is 2.20. The summed E-state index contributed by atoms with van der Waals surface area (Å²) in [6, 6.07) is 0. The lowest BCUT2D eigenvalue weighted by Gasteiger charge is -2.13. The van der Waals surface area contributed by atoms with E-state index >= 15 is 0 Å². The van der Waals surface area contributed by atoms with Crippen LogP contribution in [0.25, 0.3) is 10.3 Å². The summed E-state index contributed by atoms with van der Waals surface area (Å²) < 4.78 is 2.20. The van der Waals surface area contributed by atoms with Crippen LogP contribution in [-0.2, 0) is 19.4 Å². The van der Waals surface area contributed by atoms with Crippen molar-refractivity contribution in [2.24, 2.45) is 0 Å². The van der Waals surface area contributed by atoms with Gasteiger partial charge in [0.15, 0.2) is 5.16 Å². The lowest BCUT2D eigenvalue weighted by molar-refractivity contribution is 0.692. The molecule has 0 amide bonds. The lowest BCUT2D eigenvalue weighted by atomic mass is 9.98. The topological polar surface area (TPSA) is 34.9 Å². The van der Waals surface area contributed by atoms with E-state index in [0.717, 1.165) is 47.1 Å². The number of nitrogens with zero attached hydrogens (tertiary/aromatic N) is 2. The van der Waals surface area contributed by atoms with Crippen LogP contribution in [0.3, 0.4) is 0 Å². The number of hydrogen-bond donors (Lipinski definition) is 0. The summed E-state index contributed by atoms with van der Waals surface area (Å²) in [5.74, 6) is 0.988. The van der Waals surface area contributed by atoms with Crippen molar-refractivity contribution in [3.8, 4) is 0 Å². The molecule has 0 unspecified atom stereocenters. The predicted octanol–water partition coefficient (Wildman–Crippen LogP) is 3.47. The van der Waals surface area contributed by atoms with Crippen molar-refractivity contribution < 1.29 is 0 Å². The molecule has 5 heteroatoms. The van der Waals surface area contributed by atoms with Gasteiger partial charge in [0.1, 0.15) is 10.3 Å². The zero-order valence-electron chi connectivity index (χ0n) is 11.4. The maximum Gasteiger partial charge on any atom is 0.211 e. The number of thioether (sulfide) groups is 1. The first-order valence-electron chi connectivity index (χ1n) is 6.94. The van der Waals surface area contributed by atoms with Crippen LogP contribution in [-0.4, -0.2) is 15.3 Å². The summed E-state index contributed by atoms with van der Waals surface area (Å²) in [4.78, 5) is 19.6. The number of rotatable bonds is 3.